The number of ether oxygens (including phenoxy) is 1. The molecular formula is C24H26FN3O2. The van der Waals surface area contributed by atoms with Gasteiger partial charge in [-0.3, -0.25) is 0 Å². The molecule has 0 radical (unpaired) electrons. The molecule has 0 bridgehead atoms. The van der Waals surface area contributed by atoms with Gasteiger partial charge in [-0.15, -0.1) is 0 Å². The van der Waals surface area contributed by atoms with Gasteiger partial charge in [-0.05, 0) is 43.3 Å². The van der Waals surface area contributed by atoms with Crippen molar-refractivity contribution in [2.24, 2.45) is 0 Å². The smallest absolute Gasteiger partial charge is 0.150 e. The first-order valence-corrected chi connectivity index (χ1v) is 10.0. The van der Waals surface area contributed by atoms with Crippen LogP contribution in [0, 0.1) is 5.82 Å². The van der Waals surface area contributed by atoms with E-state index in [1.165, 1.54) is 11.8 Å². The molecule has 2 heterocycles. The third-order valence-electron chi connectivity index (χ3n) is 5.29. The van der Waals surface area contributed by atoms with Gasteiger partial charge in [-0.25, -0.2) is 4.39 Å². The van der Waals surface area contributed by atoms with Crippen molar-refractivity contribution in [2.75, 3.05) is 27.2 Å². The number of hydrogen-bond acceptors (Lipinski definition) is 3. The first-order valence-electron chi connectivity index (χ1n) is 10.0. The largest absolute Gasteiger partial charge is 0.497 e. The molecule has 0 saturated carbocycles. The highest BCUT2D eigenvalue weighted by Crippen LogP contribution is 2.24. The van der Waals surface area contributed by atoms with Crippen LogP contribution in [-0.4, -0.2) is 41.7 Å². The number of nitrogens with one attached hydrogen (secondary N) is 1. The normalized spacial score (nSPS) is 11.3. The van der Waals surface area contributed by atoms with Crippen LogP contribution in [-0.2, 0) is 13.0 Å². The molecule has 0 aromatic heterocycles. The van der Waals surface area contributed by atoms with Gasteiger partial charge >= 0.3 is 0 Å². The van der Waals surface area contributed by atoms with Crippen molar-refractivity contribution in [1.29, 1.82) is 0 Å². The molecule has 2 aromatic carbocycles. The van der Waals surface area contributed by atoms with E-state index in [0.29, 0.717) is 6.54 Å². The predicted octanol–water partition coefficient (Wildman–Crippen LogP) is 5.11. The SMILES string of the molecule is COc1cccc(CCN(C)CCn2c3cc(F)c[nH]c-3coc3ccccc32)c1. The number of halogens is 1. The first kappa shape index (κ1) is 20.0. The number of rotatable bonds is 7. The van der Waals surface area contributed by atoms with E-state index in [1.807, 2.05) is 36.4 Å². The molecule has 2 aliphatic rings. The van der Waals surface area contributed by atoms with Crippen molar-refractivity contribution in [1.82, 2.24) is 14.5 Å². The lowest BCUT2D eigenvalue weighted by Gasteiger charge is -2.20. The molecule has 4 rings (SSSR count). The lowest BCUT2D eigenvalue weighted by Crippen LogP contribution is -2.26. The molecule has 0 amide bonds. The Bertz CT molecular complexity index is 1140. The van der Waals surface area contributed by atoms with Crippen LogP contribution < -0.4 is 4.74 Å². The minimum atomic E-state index is -0.307. The Balaban J connectivity index is 1.55. The Hall–Kier alpha value is -3.25. The topological polar surface area (TPSA) is 46.3 Å². The summed E-state index contributed by atoms with van der Waals surface area (Å²) in [6.45, 7) is 2.43. The van der Waals surface area contributed by atoms with Crippen molar-refractivity contribution in [2.45, 2.75) is 13.0 Å². The second kappa shape index (κ2) is 9.05. The van der Waals surface area contributed by atoms with Gasteiger partial charge in [0.2, 0.25) is 0 Å². The van der Waals surface area contributed by atoms with Gasteiger partial charge in [0.15, 0.2) is 0 Å². The predicted molar refractivity (Wildman–Crippen MR) is 117 cm³/mol. The molecule has 5 nitrogen and oxygen atoms in total. The molecule has 0 atom stereocenters. The monoisotopic (exact) mass is 407 g/mol. The van der Waals surface area contributed by atoms with E-state index >= 15 is 0 Å². The average molecular weight is 407 g/mol. The van der Waals surface area contributed by atoms with Crippen LogP contribution in [0.1, 0.15) is 5.56 Å². The molecule has 0 spiro atoms. The molecule has 2 aromatic rings. The van der Waals surface area contributed by atoms with E-state index in [-0.39, 0.29) is 5.82 Å². The Morgan fingerprint density at radius 2 is 1.97 bits per heavy atom. The highest BCUT2D eigenvalue weighted by molar-refractivity contribution is 5.75. The fraction of sp³-hybridized carbons (Fsp3) is 0.250. The molecule has 2 aliphatic heterocycles. The Morgan fingerprint density at radius 3 is 2.83 bits per heavy atom. The molecule has 6 heteroatoms. The highest BCUT2D eigenvalue weighted by atomic mass is 19.1. The van der Waals surface area contributed by atoms with E-state index in [2.05, 4.69) is 33.6 Å². The van der Waals surface area contributed by atoms with Crippen LogP contribution >= 0.6 is 0 Å². The van der Waals surface area contributed by atoms with E-state index in [4.69, 9.17) is 9.15 Å². The number of aromatic nitrogens is 2. The van der Waals surface area contributed by atoms with Crippen molar-refractivity contribution < 1.29 is 13.5 Å². The number of likely N-dealkylation sites (N-methyl/N-ethyl adjacent to an activating group) is 1. The fourth-order valence-electron chi connectivity index (χ4n) is 3.59. The molecule has 0 aliphatic carbocycles. The minimum Gasteiger partial charge on any atom is -0.497 e. The third kappa shape index (κ3) is 4.49. The Morgan fingerprint density at radius 1 is 1.10 bits per heavy atom. The summed E-state index contributed by atoms with van der Waals surface area (Å²) in [5.41, 5.74) is 4.42. The maximum atomic E-state index is 14.0. The maximum absolute atomic E-state index is 14.0. The van der Waals surface area contributed by atoms with Crippen LogP contribution in [0.2, 0.25) is 0 Å². The summed E-state index contributed by atoms with van der Waals surface area (Å²) in [6.07, 6.45) is 3.91. The minimum absolute atomic E-state index is 0.307. The summed E-state index contributed by atoms with van der Waals surface area (Å²) < 4.78 is 27.3. The summed E-state index contributed by atoms with van der Waals surface area (Å²) in [6, 6.07) is 17.5. The number of aromatic amines is 1. The summed E-state index contributed by atoms with van der Waals surface area (Å²) >= 11 is 0. The van der Waals surface area contributed by atoms with Gasteiger partial charge in [-0.2, -0.15) is 0 Å². The van der Waals surface area contributed by atoms with Gasteiger partial charge in [0.25, 0.3) is 0 Å². The van der Waals surface area contributed by atoms with E-state index in [9.17, 15) is 4.39 Å². The van der Waals surface area contributed by atoms with Crippen LogP contribution in [0.5, 0.6) is 5.75 Å². The van der Waals surface area contributed by atoms with Crippen molar-refractivity contribution in [3.63, 3.8) is 0 Å². The number of H-pyrrole nitrogens is 1. The van der Waals surface area contributed by atoms with E-state index in [1.54, 1.807) is 19.4 Å². The van der Waals surface area contributed by atoms with Crippen LogP contribution in [0.15, 0.2) is 71.5 Å². The van der Waals surface area contributed by atoms with E-state index < -0.39 is 0 Å². The van der Waals surface area contributed by atoms with E-state index in [0.717, 1.165) is 47.7 Å². The number of nitrogens with zero attached hydrogens (tertiary/aromatic N) is 2. The molecule has 0 saturated heterocycles. The number of para-hydroxylation sites is 2. The molecule has 30 heavy (non-hydrogen) atoms. The standard InChI is InChI=1S/C24H26FN3O2/c1-27(11-10-18-6-5-7-20(14-18)29-2)12-13-28-22-8-3-4-9-24(22)30-17-21-23(28)15-19(25)16-26-21/h3-9,14-17,26H,10-13H2,1-2H3. The molecule has 156 valence electrons. The average Bonchev–Trinajstić information content (AvgIpc) is 2.93. The van der Waals surface area contributed by atoms with Gasteiger partial charge in [-0.1, -0.05) is 24.3 Å². The summed E-state index contributed by atoms with van der Waals surface area (Å²) in [5, 5.41) is 0. The van der Waals surface area contributed by atoms with Crippen LogP contribution in [0.25, 0.3) is 22.5 Å². The van der Waals surface area contributed by atoms with Crippen molar-refractivity contribution in [3.8, 4) is 17.1 Å². The number of fused-ring (bicyclic) bond motifs is 2. The molecule has 0 unspecified atom stereocenters. The quantitative estimate of drug-likeness (QED) is 0.463. The van der Waals surface area contributed by atoms with Crippen LogP contribution in [0.3, 0.4) is 0 Å². The van der Waals surface area contributed by atoms with Gasteiger partial charge in [0, 0.05) is 31.9 Å². The summed E-state index contributed by atoms with van der Waals surface area (Å²) in [5.74, 6) is 0.570. The Labute approximate surface area is 175 Å². The first-order chi connectivity index (χ1) is 14.6. The van der Waals surface area contributed by atoms with Gasteiger partial charge in [0.05, 0.1) is 24.0 Å². The summed E-state index contributed by atoms with van der Waals surface area (Å²) in [4.78, 5) is 5.26. The summed E-state index contributed by atoms with van der Waals surface area (Å²) in [7, 11) is 3.79. The Kier molecular flexibility index (Phi) is 6.05. The lowest BCUT2D eigenvalue weighted by atomic mass is 10.1. The van der Waals surface area contributed by atoms with Crippen molar-refractivity contribution >= 4 is 11.1 Å². The maximum Gasteiger partial charge on any atom is 0.150 e. The van der Waals surface area contributed by atoms with Gasteiger partial charge < -0.3 is 23.6 Å². The zero-order valence-corrected chi connectivity index (χ0v) is 17.3. The number of hydrogen-bond donors (Lipinski definition) is 1. The number of benzene rings is 2. The highest BCUT2D eigenvalue weighted by Gasteiger charge is 2.12. The zero-order valence-electron chi connectivity index (χ0n) is 17.3. The fourth-order valence-corrected chi connectivity index (χ4v) is 3.59. The number of pyridine rings is 1. The molecular weight excluding hydrogens is 381 g/mol. The zero-order chi connectivity index (χ0) is 20.9. The number of methoxy groups -OCH3 is 1. The van der Waals surface area contributed by atoms with Crippen molar-refractivity contribution in [3.05, 3.63) is 78.4 Å². The second-order valence-electron chi connectivity index (χ2n) is 7.38. The third-order valence-corrected chi connectivity index (χ3v) is 5.29. The molecule has 0 fully saturated rings. The van der Waals surface area contributed by atoms with Crippen LogP contribution in [0.4, 0.5) is 4.39 Å². The lowest BCUT2D eigenvalue weighted by molar-refractivity contribution is 0.324. The second-order valence-corrected chi connectivity index (χ2v) is 7.38. The molecule has 1 N–H and O–H groups in total. The van der Waals surface area contributed by atoms with Gasteiger partial charge in [0.1, 0.15) is 23.4 Å².